The first kappa shape index (κ1) is 20.1. The lowest BCUT2D eigenvalue weighted by Gasteiger charge is -2.31. The third-order valence-corrected chi connectivity index (χ3v) is 4.43. The number of ether oxygens (including phenoxy) is 2. The summed E-state index contributed by atoms with van der Waals surface area (Å²) < 4.78 is 49.0. The summed E-state index contributed by atoms with van der Waals surface area (Å²) in [4.78, 5) is 23.4. The third-order valence-electron chi connectivity index (χ3n) is 4.43. The SMILES string of the molecule is COc1cc(C(C)=O)ccc1OCC(=O)N[C@H]1CCC[C@H](C(F)(F)F)C1. The average Bonchev–Trinajstić information content (AvgIpc) is 2.59. The van der Waals surface area contributed by atoms with Gasteiger partial charge < -0.3 is 14.8 Å². The minimum absolute atomic E-state index is 0.103. The van der Waals surface area contributed by atoms with Crippen LogP contribution < -0.4 is 14.8 Å². The lowest BCUT2D eigenvalue weighted by Crippen LogP contribution is -2.43. The smallest absolute Gasteiger partial charge is 0.391 e. The quantitative estimate of drug-likeness (QED) is 0.775. The van der Waals surface area contributed by atoms with Gasteiger partial charge in [0.1, 0.15) is 0 Å². The highest BCUT2D eigenvalue weighted by Crippen LogP contribution is 2.37. The molecule has 0 spiro atoms. The normalized spacial score (nSPS) is 20.3. The monoisotopic (exact) mass is 373 g/mol. The number of carbonyl (C=O) groups is 2. The summed E-state index contributed by atoms with van der Waals surface area (Å²) in [6, 6.07) is 4.06. The van der Waals surface area contributed by atoms with Gasteiger partial charge in [0.05, 0.1) is 13.0 Å². The van der Waals surface area contributed by atoms with E-state index in [-0.39, 0.29) is 31.0 Å². The summed E-state index contributed by atoms with van der Waals surface area (Å²) in [5.74, 6) is -1.41. The van der Waals surface area contributed by atoms with Crippen LogP contribution in [-0.4, -0.2) is 37.6 Å². The lowest BCUT2D eigenvalue weighted by atomic mass is 9.85. The number of methoxy groups -OCH3 is 1. The van der Waals surface area contributed by atoms with Gasteiger partial charge in [-0.25, -0.2) is 0 Å². The predicted molar refractivity (Wildman–Crippen MR) is 88.4 cm³/mol. The molecule has 1 aliphatic carbocycles. The topological polar surface area (TPSA) is 64.6 Å². The van der Waals surface area contributed by atoms with Crippen molar-refractivity contribution >= 4 is 11.7 Å². The highest BCUT2D eigenvalue weighted by molar-refractivity contribution is 5.94. The van der Waals surface area contributed by atoms with Gasteiger partial charge in [0.15, 0.2) is 23.9 Å². The Morgan fingerprint density at radius 3 is 2.58 bits per heavy atom. The van der Waals surface area contributed by atoms with Gasteiger partial charge >= 0.3 is 6.18 Å². The van der Waals surface area contributed by atoms with E-state index in [1.807, 2.05) is 0 Å². The molecule has 144 valence electrons. The first-order valence-electron chi connectivity index (χ1n) is 8.38. The van der Waals surface area contributed by atoms with Crippen molar-refractivity contribution in [1.29, 1.82) is 0 Å². The number of Topliss-reactive ketones (excluding diaryl/α,β-unsaturated/α-hetero) is 1. The molecule has 0 aromatic heterocycles. The minimum atomic E-state index is -4.23. The molecular weight excluding hydrogens is 351 g/mol. The van der Waals surface area contributed by atoms with E-state index >= 15 is 0 Å². The Bertz CT molecular complexity index is 660. The van der Waals surface area contributed by atoms with Gasteiger partial charge in [0.2, 0.25) is 0 Å². The molecule has 0 bridgehead atoms. The van der Waals surface area contributed by atoms with E-state index in [1.54, 1.807) is 6.07 Å². The average molecular weight is 373 g/mol. The Kier molecular flexibility index (Phi) is 6.50. The molecule has 0 heterocycles. The highest BCUT2D eigenvalue weighted by Gasteiger charge is 2.42. The zero-order chi connectivity index (χ0) is 19.3. The second-order valence-electron chi connectivity index (χ2n) is 6.38. The summed E-state index contributed by atoms with van der Waals surface area (Å²) in [5.41, 5.74) is 0.444. The molecule has 1 aromatic carbocycles. The van der Waals surface area contributed by atoms with Crippen molar-refractivity contribution in [3.63, 3.8) is 0 Å². The fraction of sp³-hybridized carbons (Fsp3) is 0.556. The van der Waals surface area contributed by atoms with Crippen molar-refractivity contribution in [2.45, 2.75) is 44.8 Å². The van der Waals surface area contributed by atoms with Crippen molar-refractivity contribution < 1.29 is 32.2 Å². The van der Waals surface area contributed by atoms with E-state index in [0.717, 1.165) is 0 Å². The number of benzene rings is 1. The first-order chi connectivity index (χ1) is 12.2. The van der Waals surface area contributed by atoms with E-state index in [4.69, 9.17) is 9.47 Å². The van der Waals surface area contributed by atoms with E-state index < -0.39 is 24.0 Å². The lowest BCUT2D eigenvalue weighted by molar-refractivity contribution is -0.184. The summed E-state index contributed by atoms with van der Waals surface area (Å²) in [5, 5.41) is 2.60. The highest BCUT2D eigenvalue weighted by atomic mass is 19.4. The molecule has 1 amide bonds. The van der Waals surface area contributed by atoms with Crippen molar-refractivity contribution in [3.8, 4) is 11.5 Å². The largest absolute Gasteiger partial charge is 0.493 e. The van der Waals surface area contributed by atoms with E-state index in [0.29, 0.717) is 24.2 Å². The molecule has 1 N–H and O–H groups in total. The zero-order valence-electron chi connectivity index (χ0n) is 14.7. The number of hydrogen-bond donors (Lipinski definition) is 1. The Balaban J connectivity index is 1.90. The van der Waals surface area contributed by atoms with Crippen LogP contribution in [0.5, 0.6) is 11.5 Å². The van der Waals surface area contributed by atoms with Crippen LogP contribution in [0.25, 0.3) is 0 Å². The fourth-order valence-electron chi connectivity index (χ4n) is 3.04. The summed E-state index contributed by atoms with van der Waals surface area (Å²) in [6.07, 6.45) is -3.28. The van der Waals surface area contributed by atoms with Gasteiger partial charge in [0.25, 0.3) is 5.91 Å². The predicted octanol–water partition coefficient (Wildman–Crippen LogP) is 3.51. The van der Waals surface area contributed by atoms with E-state index in [9.17, 15) is 22.8 Å². The van der Waals surface area contributed by atoms with Gasteiger partial charge in [0, 0.05) is 11.6 Å². The van der Waals surface area contributed by atoms with Gasteiger partial charge in [-0.2, -0.15) is 13.2 Å². The van der Waals surface area contributed by atoms with Crippen molar-refractivity contribution in [2.24, 2.45) is 5.92 Å². The molecule has 1 fully saturated rings. The van der Waals surface area contributed by atoms with Crippen LogP contribution in [0, 0.1) is 5.92 Å². The van der Waals surface area contributed by atoms with Crippen LogP contribution in [0.1, 0.15) is 43.0 Å². The van der Waals surface area contributed by atoms with Gasteiger partial charge in [-0.05, 0) is 44.4 Å². The number of halogens is 3. The molecule has 0 saturated heterocycles. The summed E-state index contributed by atoms with van der Waals surface area (Å²) in [7, 11) is 1.41. The van der Waals surface area contributed by atoms with Gasteiger partial charge in [-0.3, -0.25) is 9.59 Å². The molecule has 2 rings (SSSR count). The Morgan fingerprint density at radius 1 is 1.23 bits per heavy atom. The third kappa shape index (κ3) is 5.37. The number of amides is 1. The molecule has 8 heteroatoms. The molecule has 0 radical (unpaired) electrons. The standard InChI is InChI=1S/C18H22F3NO4/c1-11(23)12-6-7-15(16(8-12)25-2)26-10-17(24)22-14-5-3-4-13(9-14)18(19,20)21/h6-8,13-14H,3-5,9-10H2,1-2H3,(H,22,24)/t13-,14-/m0/s1. The van der Waals surface area contributed by atoms with E-state index in [1.165, 1.54) is 26.2 Å². The molecule has 2 atom stereocenters. The molecule has 1 saturated carbocycles. The number of nitrogens with one attached hydrogen (secondary N) is 1. The first-order valence-corrected chi connectivity index (χ1v) is 8.38. The number of hydrogen-bond acceptors (Lipinski definition) is 4. The van der Waals surface area contributed by atoms with E-state index in [2.05, 4.69) is 5.32 Å². The number of alkyl halides is 3. The van der Waals surface area contributed by atoms with Crippen LogP contribution in [0.2, 0.25) is 0 Å². The molecular formula is C18H22F3NO4. The van der Waals surface area contributed by atoms with Crippen LogP contribution in [0.3, 0.4) is 0 Å². The molecule has 26 heavy (non-hydrogen) atoms. The molecule has 1 aromatic rings. The summed E-state index contributed by atoms with van der Waals surface area (Å²) in [6.45, 7) is 1.07. The van der Waals surface area contributed by atoms with Crippen LogP contribution in [0.15, 0.2) is 18.2 Å². The number of rotatable bonds is 6. The Hall–Kier alpha value is -2.25. The molecule has 0 aliphatic heterocycles. The maximum atomic E-state index is 12.8. The second kappa shape index (κ2) is 8.42. The Morgan fingerprint density at radius 2 is 1.96 bits per heavy atom. The molecule has 1 aliphatic rings. The van der Waals surface area contributed by atoms with Crippen LogP contribution in [0.4, 0.5) is 13.2 Å². The van der Waals surface area contributed by atoms with Crippen molar-refractivity contribution in [3.05, 3.63) is 23.8 Å². The maximum Gasteiger partial charge on any atom is 0.391 e. The summed E-state index contributed by atoms with van der Waals surface area (Å²) >= 11 is 0. The zero-order valence-corrected chi connectivity index (χ0v) is 14.7. The molecule has 0 unspecified atom stereocenters. The van der Waals surface area contributed by atoms with Gasteiger partial charge in [-0.15, -0.1) is 0 Å². The van der Waals surface area contributed by atoms with Crippen molar-refractivity contribution in [2.75, 3.05) is 13.7 Å². The van der Waals surface area contributed by atoms with Gasteiger partial charge in [-0.1, -0.05) is 6.42 Å². The number of ketones is 1. The fourth-order valence-corrected chi connectivity index (χ4v) is 3.04. The minimum Gasteiger partial charge on any atom is -0.493 e. The number of carbonyl (C=O) groups excluding carboxylic acids is 2. The van der Waals surface area contributed by atoms with Crippen LogP contribution >= 0.6 is 0 Å². The second-order valence-corrected chi connectivity index (χ2v) is 6.38. The Labute approximate surface area is 149 Å². The molecule has 5 nitrogen and oxygen atoms in total. The maximum absolute atomic E-state index is 12.8. The van der Waals surface area contributed by atoms with Crippen LogP contribution in [-0.2, 0) is 4.79 Å². The van der Waals surface area contributed by atoms with Crippen molar-refractivity contribution in [1.82, 2.24) is 5.32 Å².